The molecule has 0 radical (unpaired) electrons. The van der Waals surface area contributed by atoms with Gasteiger partial charge >= 0.3 is 5.97 Å². The van der Waals surface area contributed by atoms with Gasteiger partial charge in [-0.1, -0.05) is 13.0 Å². The molecule has 1 aliphatic heterocycles. The molecule has 1 saturated heterocycles. The van der Waals surface area contributed by atoms with Crippen LogP contribution in [-0.2, 0) is 19.6 Å². The monoisotopic (exact) mass is 422 g/mol. The predicted molar refractivity (Wildman–Crippen MR) is 107 cm³/mol. The zero-order valence-corrected chi connectivity index (χ0v) is 17.1. The SMILES string of the molecule is CC1CCCN(C(=O)COC(=O)c2ccc(NS(=O)(=O)c3cccs3)cc2)C1. The molecule has 1 aromatic heterocycles. The van der Waals surface area contributed by atoms with Crippen LogP contribution in [0.25, 0.3) is 0 Å². The molecule has 1 fully saturated rings. The van der Waals surface area contributed by atoms with Crippen LogP contribution in [-0.4, -0.2) is 44.9 Å². The Bertz CT molecular complexity index is 924. The number of hydrogen-bond donors (Lipinski definition) is 1. The summed E-state index contributed by atoms with van der Waals surface area (Å²) in [6, 6.07) is 9.05. The van der Waals surface area contributed by atoms with Gasteiger partial charge in [0.05, 0.1) is 5.56 Å². The molecule has 1 aromatic carbocycles. The Kier molecular flexibility index (Phi) is 6.35. The van der Waals surface area contributed by atoms with E-state index in [1.807, 2.05) is 0 Å². The van der Waals surface area contributed by atoms with E-state index in [1.54, 1.807) is 16.3 Å². The first kappa shape index (κ1) is 20.3. The Labute approximate surface area is 168 Å². The molecule has 2 heterocycles. The van der Waals surface area contributed by atoms with Gasteiger partial charge in [0.1, 0.15) is 4.21 Å². The zero-order chi connectivity index (χ0) is 20.1. The fraction of sp³-hybridized carbons (Fsp3) is 0.368. The van der Waals surface area contributed by atoms with Crippen molar-refractivity contribution >= 4 is 38.9 Å². The summed E-state index contributed by atoms with van der Waals surface area (Å²) in [5.74, 6) is -0.356. The van der Waals surface area contributed by atoms with E-state index < -0.39 is 16.0 Å². The Balaban J connectivity index is 1.54. The van der Waals surface area contributed by atoms with Gasteiger partial charge < -0.3 is 9.64 Å². The van der Waals surface area contributed by atoms with Crippen LogP contribution in [0.2, 0.25) is 0 Å². The van der Waals surface area contributed by atoms with Crippen LogP contribution in [0, 0.1) is 5.92 Å². The number of carbonyl (C=O) groups is 2. The first-order chi connectivity index (χ1) is 13.3. The quantitative estimate of drug-likeness (QED) is 0.723. The molecule has 0 saturated carbocycles. The van der Waals surface area contributed by atoms with Crippen molar-refractivity contribution < 1.29 is 22.7 Å². The summed E-state index contributed by atoms with van der Waals surface area (Å²) in [6.07, 6.45) is 2.07. The summed E-state index contributed by atoms with van der Waals surface area (Å²) in [5.41, 5.74) is 0.585. The minimum atomic E-state index is -3.64. The summed E-state index contributed by atoms with van der Waals surface area (Å²) >= 11 is 1.12. The molecule has 9 heteroatoms. The van der Waals surface area contributed by atoms with E-state index in [-0.39, 0.29) is 22.3 Å². The highest BCUT2D eigenvalue weighted by Gasteiger charge is 2.22. The number of likely N-dealkylation sites (tertiary alicyclic amines) is 1. The second kappa shape index (κ2) is 8.74. The van der Waals surface area contributed by atoms with Gasteiger partial charge in [0, 0.05) is 18.8 Å². The first-order valence-corrected chi connectivity index (χ1v) is 11.3. The van der Waals surface area contributed by atoms with Crippen LogP contribution < -0.4 is 4.72 Å². The van der Waals surface area contributed by atoms with Crippen LogP contribution in [0.4, 0.5) is 5.69 Å². The van der Waals surface area contributed by atoms with Crippen molar-refractivity contribution in [3.8, 4) is 0 Å². The number of nitrogens with one attached hydrogen (secondary N) is 1. The molecule has 1 unspecified atom stereocenters. The fourth-order valence-corrected chi connectivity index (χ4v) is 5.07. The lowest BCUT2D eigenvalue weighted by Gasteiger charge is -2.30. The van der Waals surface area contributed by atoms with Crippen molar-refractivity contribution in [1.82, 2.24) is 4.90 Å². The minimum Gasteiger partial charge on any atom is -0.452 e. The number of sulfonamides is 1. The number of anilines is 1. The van der Waals surface area contributed by atoms with E-state index in [2.05, 4.69) is 11.6 Å². The highest BCUT2D eigenvalue weighted by molar-refractivity contribution is 7.94. The lowest BCUT2D eigenvalue weighted by Crippen LogP contribution is -2.41. The molecule has 3 rings (SSSR count). The average Bonchev–Trinajstić information content (AvgIpc) is 3.22. The summed E-state index contributed by atoms with van der Waals surface area (Å²) in [4.78, 5) is 26.1. The molecule has 150 valence electrons. The Morgan fingerprint density at radius 1 is 1.25 bits per heavy atom. The maximum Gasteiger partial charge on any atom is 0.338 e. The van der Waals surface area contributed by atoms with Gasteiger partial charge in [-0.2, -0.15) is 0 Å². The van der Waals surface area contributed by atoms with E-state index in [9.17, 15) is 18.0 Å². The number of carbonyl (C=O) groups excluding carboxylic acids is 2. The first-order valence-electron chi connectivity index (χ1n) is 8.96. The molecular formula is C19H22N2O5S2. The van der Waals surface area contributed by atoms with Crippen molar-refractivity contribution in [2.75, 3.05) is 24.4 Å². The summed E-state index contributed by atoms with van der Waals surface area (Å²) in [5, 5.41) is 1.68. The van der Waals surface area contributed by atoms with Crippen molar-refractivity contribution in [2.45, 2.75) is 24.0 Å². The molecule has 1 atom stereocenters. The van der Waals surface area contributed by atoms with E-state index in [0.717, 1.165) is 24.2 Å². The number of ether oxygens (including phenoxy) is 1. The van der Waals surface area contributed by atoms with Crippen LogP contribution in [0.15, 0.2) is 46.0 Å². The Morgan fingerprint density at radius 3 is 2.64 bits per heavy atom. The molecule has 2 aromatic rings. The highest BCUT2D eigenvalue weighted by Crippen LogP contribution is 2.21. The maximum absolute atomic E-state index is 12.2. The number of piperidine rings is 1. The lowest BCUT2D eigenvalue weighted by molar-refractivity contribution is -0.136. The smallest absolute Gasteiger partial charge is 0.338 e. The van der Waals surface area contributed by atoms with Crippen LogP contribution in [0.1, 0.15) is 30.1 Å². The number of thiophene rings is 1. The van der Waals surface area contributed by atoms with E-state index >= 15 is 0 Å². The molecule has 0 aliphatic carbocycles. The molecule has 7 nitrogen and oxygen atoms in total. The largest absolute Gasteiger partial charge is 0.452 e. The molecule has 28 heavy (non-hydrogen) atoms. The molecule has 1 amide bonds. The molecule has 0 bridgehead atoms. The highest BCUT2D eigenvalue weighted by atomic mass is 32.2. The molecule has 1 N–H and O–H groups in total. The van der Waals surface area contributed by atoms with E-state index in [4.69, 9.17) is 4.74 Å². The minimum absolute atomic E-state index is 0.194. The van der Waals surface area contributed by atoms with E-state index in [1.165, 1.54) is 30.3 Å². The average molecular weight is 423 g/mol. The van der Waals surface area contributed by atoms with Crippen molar-refractivity contribution in [3.63, 3.8) is 0 Å². The number of nitrogens with zero attached hydrogens (tertiary/aromatic N) is 1. The van der Waals surface area contributed by atoms with Gasteiger partial charge in [-0.25, -0.2) is 13.2 Å². The van der Waals surface area contributed by atoms with Gasteiger partial charge in [0.15, 0.2) is 6.61 Å². The third-order valence-electron chi connectivity index (χ3n) is 4.47. The second-order valence-electron chi connectivity index (χ2n) is 6.78. The van der Waals surface area contributed by atoms with Crippen molar-refractivity contribution in [2.24, 2.45) is 5.92 Å². The number of rotatable bonds is 6. The van der Waals surface area contributed by atoms with Gasteiger partial charge in [-0.05, 0) is 54.5 Å². The van der Waals surface area contributed by atoms with Crippen molar-refractivity contribution in [1.29, 1.82) is 0 Å². The third-order valence-corrected chi connectivity index (χ3v) is 7.25. The number of benzene rings is 1. The molecular weight excluding hydrogens is 400 g/mol. The Morgan fingerprint density at radius 2 is 2.00 bits per heavy atom. The zero-order valence-electron chi connectivity index (χ0n) is 15.5. The fourth-order valence-electron chi connectivity index (χ4n) is 3.01. The van der Waals surface area contributed by atoms with Gasteiger partial charge in [-0.15, -0.1) is 11.3 Å². The van der Waals surface area contributed by atoms with Crippen molar-refractivity contribution in [3.05, 3.63) is 47.3 Å². The maximum atomic E-state index is 12.2. The van der Waals surface area contributed by atoms with Gasteiger partial charge in [-0.3, -0.25) is 9.52 Å². The Hall–Kier alpha value is -2.39. The summed E-state index contributed by atoms with van der Waals surface area (Å²) in [6.45, 7) is 3.19. The van der Waals surface area contributed by atoms with Crippen LogP contribution in [0.3, 0.4) is 0 Å². The standard InChI is InChI=1S/C19H22N2O5S2/c1-14-4-2-10-21(12-14)17(22)13-26-19(23)15-6-8-16(9-7-15)20-28(24,25)18-5-3-11-27-18/h3,5-9,11,14,20H,2,4,10,12-13H2,1H3. The number of esters is 1. The molecule has 0 spiro atoms. The summed E-state index contributed by atoms with van der Waals surface area (Å²) < 4.78 is 32.2. The van der Waals surface area contributed by atoms with E-state index in [0.29, 0.717) is 24.7 Å². The molecule has 1 aliphatic rings. The van der Waals surface area contributed by atoms with Gasteiger partial charge in [0.2, 0.25) is 0 Å². The van der Waals surface area contributed by atoms with Crippen LogP contribution >= 0.6 is 11.3 Å². The second-order valence-corrected chi connectivity index (χ2v) is 9.64. The number of amides is 1. The lowest BCUT2D eigenvalue weighted by atomic mass is 10.0. The topological polar surface area (TPSA) is 92.8 Å². The summed E-state index contributed by atoms with van der Waals surface area (Å²) in [7, 11) is -3.64. The predicted octanol–water partition coefficient (Wildman–Crippen LogP) is 2.96. The normalized spacial score (nSPS) is 17.2. The van der Waals surface area contributed by atoms with Gasteiger partial charge in [0.25, 0.3) is 15.9 Å². The number of hydrogen-bond acceptors (Lipinski definition) is 6. The third kappa shape index (κ3) is 5.11. The van der Waals surface area contributed by atoms with Crippen LogP contribution in [0.5, 0.6) is 0 Å².